The van der Waals surface area contributed by atoms with Crippen molar-refractivity contribution in [2.24, 2.45) is 0 Å². The standard InChI is InChI=1S/C17H18N4O3/c1-21-13-8-4-7-12(16(13)24-9-14(21)22)18-17(23)15-10-5-2-3-6-11(10)19-20-15/h4,7-8H,2-3,5-6,9H2,1H3,(H,18,23)(H,19,20). The van der Waals surface area contributed by atoms with Crippen LogP contribution in [0.4, 0.5) is 11.4 Å². The smallest absolute Gasteiger partial charge is 0.276 e. The molecule has 0 radical (unpaired) electrons. The number of carbonyl (C=O) groups is 2. The lowest BCUT2D eigenvalue weighted by Gasteiger charge is -2.27. The second-order valence-corrected chi connectivity index (χ2v) is 6.09. The molecule has 0 fully saturated rings. The Balaban J connectivity index is 1.63. The van der Waals surface area contributed by atoms with Gasteiger partial charge in [0.25, 0.3) is 11.8 Å². The summed E-state index contributed by atoms with van der Waals surface area (Å²) in [5, 5.41) is 10.0. The molecular weight excluding hydrogens is 308 g/mol. The molecule has 0 unspecified atom stereocenters. The Morgan fingerprint density at radius 3 is 3.04 bits per heavy atom. The molecule has 1 aromatic heterocycles. The number of amides is 2. The molecule has 0 atom stereocenters. The molecule has 7 heteroatoms. The summed E-state index contributed by atoms with van der Waals surface area (Å²) in [5.74, 6) is 0.135. The van der Waals surface area contributed by atoms with Crippen LogP contribution in [0.3, 0.4) is 0 Å². The minimum atomic E-state index is -0.258. The number of anilines is 2. The number of nitrogens with one attached hydrogen (secondary N) is 2. The fraction of sp³-hybridized carbons (Fsp3) is 0.353. The van der Waals surface area contributed by atoms with Gasteiger partial charge in [-0.1, -0.05) is 6.07 Å². The zero-order valence-electron chi connectivity index (χ0n) is 13.4. The molecule has 2 N–H and O–H groups in total. The Hall–Kier alpha value is -2.83. The maximum absolute atomic E-state index is 12.6. The second-order valence-electron chi connectivity index (χ2n) is 6.09. The van der Waals surface area contributed by atoms with Crippen molar-refractivity contribution < 1.29 is 14.3 Å². The Kier molecular flexibility index (Phi) is 3.48. The minimum absolute atomic E-state index is 0.0335. The largest absolute Gasteiger partial charge is 0.479 e. The van der Waals surface area contributed by atoms with Crippen LogP contribution in [0, 0.1) is 0 Å². The predicted molar refractivity (Wildman–Crippen MR) is 88.5 cm³/mol. The maximum Gasteiger partial charge on any atom is 0.276 e. The van der Waals surface area contributed by atoms with E-state index in [0.717, 1.165) is 36.9 Å². The van der Waals surface area contributed by atoms with Crippen molar-refractivity contribution in [3.8, 4) is 5.75 Å². The quantitative estimate of drug-likeness (QED) is 0.882. The first-order chi connectivity index (χ1) is 11.6. The summed E-state index contributed by atoms with van der Waals surface area (Å²) in [4.78, 5) is 25.9. The molecule has 0 saturated heterocycles. The van der Waals surface area contributed by atoms with E-state index in [2.05, 4.69) is 15.5 Å². The number of H-pyrrole nitrogens is 1. The molecule has 0 saturated carbocycles. The van der Waals surface area contributed by atoms with Gasteiger partial charge in [-0.05, 0) is 37.8 Å². The van der Waals surface area contributed by atoms with Gasteiger partial charge in [-0.3, -0.25) is 14.7 Å². The first kappa shape index (κ1) is 14.7. The molecular formula is C17H18N4O3. The summed E-state index contributed by atoms with van der Waals surface area (Å²) in [6, 6.07) is 5.34. The number of hydrogen-bond donors (Lipinski definition) is 2. The molecule has 0 spiro atoms. The van der Waals surface area contributed by atoms with E-state index in [1.54, 1.807) is 25.2 Å². The Bertz CT molecular complexity index is 827. The van der Waals surface area contributed by atoms with E-state index in [4.69, 9.17) is 4.74 Å². The van der Waals surface area contributed by atoms with Crippen LogP contribution in [-0.4, -0.2) is 35.7 Å². The molecule has 1 aliphatic carbocycles. The number of ether oxygens (including phenoxy) is 1. The van der Waals surface area contributed by atoms with Gasteiger partial charge in [0.15, 0.2) is 18.1 Å². The van der Waals surface area contributed by atoms with E-state index in [9.17, 15) is 9.59 Å². The Labute approximate surface area is 139 Å². The first-order valence-corrected chi connectivity index (χ1v) is 8.05. The normalized spacial score (nSPS) is 16.2. The van der Waals surface area contributed by atoms with Gasteiger partial charge >= 0.3 is 0 Å². The van der Waals surface area contributed by atoms with Gasteiger partial charge in [0.2, 0.25) is 0 Å². The molecule has 2 heterocycles. The SMILES string of the molecule is CN1C(=O)COc2c(NC(=O)c3n[nH]c4c3CCCC4)cccc21. The molecule has 1 aliphatic heterocycles. The summed E-state index contributed by atoms with van der Waals surface area (Å²) >= 11 is 0. The van der Waals surface area contributed by atoms with Crippen LogP contribution in [0.2, 0.25) is 0 Å². The minimum Gasteiger partial charge on any atom is -0.479 e. The second kappa shape index (κ2) is 5.67. The third-order valence-corrected chi connectivity index (χ3v) is 4.59. The summed E-state index contributed by atoms with van der Waals surface area (Å²) in [7, 11) is 1.69. The third kappa shape index (κ3) is 2.33. The van der Waals surface area contributed by atoms with Gasteiger partial charge in [-0.15, -0.1) is 0 Å². The van der Waals surface area contributed by atoms with Crippen LogP contribution in [0.5, 0.6) is 5.75 Å². The van der Waals surface area contributed by atoms with E-state index < -0.39 is 0 Å². The molecule has 2 aliphatic rings. The number of nitrogens with zero attached hydrogens (tertiary/aromatic N) is 2. The zero-order chi connectivity index (χ0) is 16.7. The average molecular weight is 326 g/mol. The van der Waals surface area contributed by atoms with Gasteiger partial charge < -0.3 is 15.0 Å². The number of para-hydroxylation sites is 1. The van der Waals surface area contributed by atoms with Crippen molar-refractivity contribution in [1.82, 2.24) is 10.2 Å². The van der Waals surface area contributed by atoms with Gasteiger partial charge in [0.05, 0.1) is 11.4 Å². The summed E-state index contributed by atoms with van der Waals surface area (Å²) in [5.41, 5.74) is 3.71. The van der Waals surface area contributed by atoms with Crippen LogP contribution >= 0.6 is 0 Å². The van der Waals surface area contributed by atoms with Crippen molar-refractivity contribution in [3.63, 3.8) is 0 Å². The summed E-state index contributed by atoms with van der Waals surface area (Å²) < 4.78 is 5.53. The van der Waals surface area contributed by atoms with Crippen molar-refractivity contribution in [3.05, 3.63) is 35.2 Å². The van der Waals surface area contributed by atoms with Crippen molar-refractivity contribution >= 4 is 23.2 Å². The number of hydrogen-bond acceptors (Lipinski definition) is 4. The lowest BCUT2D eigenvalue weighted by Crippen LogP contribution is -2.35. The predicted octanol–water partition coefficient (Wildman–Crippen LogP) is 1.90. The molecule has 24 heavy (non-hydrogen) atoms. The maximum atomic E-state index is 12.6. The summed E-state index contributed by atoms with van der Waals surface area (Å²) in [6.45, 7) is -0.0335. The lowest BCUT2D eigenvalue weighted by molar-refractivity contribution is -0.120. The lowest BCUT2D eigenvalue weighted by atomic mass is 9.96. The molecule has 1 aromatic carbocycles. The highest BCUT2D eigenvalue weighted by Gasteiger charge is 2.27. The van der Waals surface area contributed by atoms with Gasteiger partial charge in [-0.25, -0.2) is 0 Å². The van der Waals surface area contributed by atoms with Gasteiger partial charge in [0.1, 0.15) is 0 Å². The first-order valence-electron chi connectivity index (χ1n) is 8.05. The van der Waals surface area contributed by atoms with E-state index in [1.807, 2.05) is 0 Å². The number of carbonyl (C=O) groups excluding carboxylic acids is 2. The van der Waals surface area contributed by atoms with Crippen LogP contribution in [0.1, 0.15) is 34.6 Å². The molecule has 124 valence electrons. The van der Waals surface area contributed by atoms with Gasteiger partial charge in [0, 0.05) is 18.3 Å². The number of rotatable bonds is 2. The summed E-state index contributed by atoms with van der Waals surface area (Å²) in [6.07, 6.45) is 4.00. The van der Waals surface area contributed by atoms with E-state index in [1.165, 1.54) is 4.90 Å². The molecule has 2 aromatic rings. The van der Waals surface area contributed by atoms with E-state index in [-0.39, 0.29) is 18.4 Å². The Morgan fingerprint density at radius 2 is 2.17 bits per heavy atom. The molecule has 2 amide bonds. The number of aromatic nitrogens is 2. The van der Waals surface area contributed by atoms with Crippen LogP contribution < -0.4 is 15.0 Å². The topological polar surface area (TPSA) is 87.3 Å². The number of likely N-dealkylation sites (N-methyl/N-ethyl adjacent to an activating group) is 1. The zero-order valence-corrected chi connectivity index (χ0v) is 13.4. The van der Waals surface area contributed by atoms with E-state index in [0.29, 0.717) is 22.8 Å². The fourth-order valence-electron chi connectivity index (χ4n) is 3.25. The highest BCUT2D eigenvalue weighted by atomic mass is 16.5. The number of aromatic amines is 1. The Morgan fingerprint density at radius 1 is 1.33 bits per heavy atom. The van der Waals surface area contributed by atoms with Crippen molar-refractivity contribution in [1.29, 1.82) is 0 Å². The highest BCUT2D eigenvalue weighted by molar-refractivity contribution is 6.06. The van der Waals surface area contributed by atoms with Crippen LogP contribution in [0.25, 0.3) is 0 Å². The highest BCUT2D eigenvalue weighted by Crippen LogP contribution is 2.38. The van der Waals surface area contributed by atoms with Crippen LogP contribution in [0.15, 0.2) is 18.2 Å². The number of fused-ring (bicyclic) bond motifs is 2. The molecule has 7 nitrogen and oxygen atoms in total. The van der Waals surface area contributed by atoms with Crippen LogP contribution in [-0.2, 0) is 17.6 Å². The number of aryl methyl sites for hydroxylation is 1. The third-order valence-electron chi connectivity index (χ3n) is 4.59. The van der Waals surface area contributed by atoms with E-state index >= 15 is 0 Å². The molecule has 0 bridgehead atoms. The molecule has 4 rings (SSSR count). The van der Waals surface area contributed by atoms with Crippen molar-refractivity contribution in [2.75, 3.05) is 23.9 Å². The fourth-order valence-corrected chi connectivity index (χ4v) is 3.25. The monoisotopic (exact) mass is 326 g/mol. The van der Waals surface area contributed by atoms with Crippen molar-refractivity contribution in [2.45, 2.75) is 25.7 Å². The van der Waals surface area contributed by atoms with Gasteiger partial charge in [-0.2, -0.15) is 5.10 Å². The average Bonchev–Trinajstić information content (AvgIpc) is 3.03. The number of benzene rings is 1.